The fraction of sp³-hybridized carbons (Fsp3) is 0.143. The van der Waals surface area contributed by atoms with Crippen LogP contribution < -0.4 is 14.8 Å². The van der Waals surface area contributed by atoms with Crippen LogP contribution in [0.4, 0.5) is 15.9 Å². The molecule has 0 spiro atoms. The summed E-state index contributed by atoms with van der Waals surface area (Å²) in [6.45, 7) is 0. The summed E-state index contributed by atoms with van der Waals surface area (Å²) in [6, 6.07) is 12.0. The van der Waals surface area contributed by atoms with Gasteiger partial charge in [0.15, 0.2) is 11.5 Å². The first kappa shape index (κ1) is 19.0. The third kappa shape index (κ3) is 3.56. The molecule has 0 amide bonds. The summed E-state index contributed by atoms with van der Waals surface area (Å²) >= 11 is 5.85. The molecule has 0 fully saturated rings. The van der Waals surface area contributed by atoms with E-state index < -0.39 is 5.82 Å². The standard InChI is InChI=1S/C21H18ClFN4O2/c1-27-17-10-20(25-13-5-6-15(23)14(22)9-13)24-11-16(17)26-21(27)12-4-7-18(28-2)19(8-12)29-3/h4-11H,1-3H3,(H,24,25). The number of imidazole rings is 1. The van der Waals surface area contributed by atoms with Crippen molar-refractivity contribution in [2.45, 2.75) is 0 Å². The molecule has 2 heterocycles. The highest BCUT2D eigenvalue weighted by Crippen LogP contribution is 2.33. The van der Waals surface area contributed by atoms with E-state index in [0.29, 0.717) is 23.0 Å². The molecule has 0 aliphatic heterocycles. The van der Waals surface area contributed by atoms with Gasteiger partial charge in [-0.15, -0.1) is 0 Å². The Morgan fingerprint density at radius 3 is 2.55 bits per heavy atom. The second-order valence-corrected chi connectivity index (χ2v) is 6.78. The molecular formula is C21H18ClFN4O2. The number of pyridine rings is 1. The van der Waals surface area contributed by atoms with E-state index >= 15 is 0 Å². The van der Waals surface area contributed by atoms with Crippen molar-refractivity contribution in [3.63, 3.8) is 0 Å². The van der Waals surface area contributed by atoms with Crippen molar-refractivity contribution in [2.24, 2.45) is 7.05 Å². The van der Waals surface area contributed by atoms with Gasteiger partial charge in [0.2, 0.25) is 0 Å². The summed E-state index contributed by atoms with van der Waals surface area (Å²) in [5.74, 6) is 2.19. The number of anilines is 2. The van der Waals surface area contributed by atoms with Crippen molar-refractivity contribution < 1.29 is 13.9 Å². The number of hydrogen-bond donors (Lipinski definition) is 1. The van der Waals surface area contributed by atoms with Crippen LogP contribution in [0.25, 0.3) is 22.4 Å². The van der Waals surface area contributed by atoms with Gasteiger partial charge in [0.1, 0.15) is 23.0 Å². The minimum atomic E-state index is -0.466. The number of ether oxygens (including phenoxy) is 2. The Bertz CT molecular complexity index is 1210. The lowest BCUT2D eigenvalue weighted by atomic mass is 10.2. The predicted molar refractivity (Wildman–Crippen MR) is 112 cm³/mol. The van der Waals surface area contributed by atoms with Crippen LogP contribution in [-0.2, 0) is 7.05 Å². The maximum absolute atomic E-state index is 13.4. The normalized spacial score (nSPS) is 10.9. The zero-order valence-electron chi connectivity index (χ0n) is 16.0. The third-order valence-corrected chi connectivity index (χ3v) is 4.89. The number of nitrogens with zero attached hydrogens (tertiary/aromatic N) is 3. The van der Waals surface area contributed by atoms with Gasteiger partial charge >= 0.3 is 0 Å². The Morgan fingerprint density at radius 1 is 1.03 bits per heavy atom. The van der Waals surface area contributed by atoms with E-state index in [0.717, 1.165) is 22.4 Å². The van der Waals surface area contributed by atoms with Gasteiger partial charge in [0.05, 0.1) is 31.0 Å². The molecule has 0 saturated heterocycles. The summed E-state index contributed by atoms with van der Waals surface area (Å²) < 4.78 is 26.0. The molecule has 6 nitrogen and oxygen atoms in total. The van der Waals surface area contributed by atoms with Crippen molar-refractivity contribution in [1.29, 1.82) is 0 Å². The van der Waals surface area contributed by atoms with Gasteiger partial charge < -0.3 is 19.4 Å². The molecule has 4 aromatic rings. The number of hydrogen-bond acceptors (Lipinski definition) is 5. The first-order chi connectivity index (χ1) is 14.0. The highest BCUT2D eigenvalue weighted by Gasteiger charge is 2.14. The third-order valence-electron chi connectivity index (χ3n) is 4.60. The maximum Gasteiger partial charge on any atom is 0.161 e. The average molecular weight is 413 g/mol. The molecule has 0 atom stereocenters. The molecule has 0 aliphatic carbocycles. The zero-order valence-corrected chi connectivity index (χ0v) is 16.8. The van der Waals surface area contributed by atoms with Crippen LogP contribution in [0.2, 0.25) is 5.02 Å². The molecule has 29 heavy (non-hydrogen) atoms. The predicted octanol–water partition coefficient (Wildman–Crippen LogP) is 5.19. The molecule has 0 radical (unpaired) electrons. The molecule has 8 heteroatoms. The average Bonchev–Trinajstić information content (AvgIpc) is 3.06. The second-order valence-electron chi connectivity index (χ2n) is 6.38. The van der Waals surface area contributed by atoms with Gasteiger partial charge in [0, 0.05) is 24.4 Å². The lowest BCUT2D eigenvalue weighted by Gasteiger charge is -2.10. The van der Waals surface area contributed by atoms with Crippen LogP contribution in [0.1, 0.15) is 0 Å². The SMILES string of the molecule is COc1ccc(-c2nc3cnc(Nc4ccc(F)c(Cl)c4)cc3n2C)cc1OC. The van der Waals surface area contributed by atoms with Crippen molar-refractivity contribution in [3.05, 3.63) is 59.5 Å². The van der Waals surface area contributed by atoms with E-state index in [4.69, 9.17) is 26.1 Å². The minimum absolute atomic E-state index is 0.0485. The van der Waals surface area contributed by atoms with Gasteiger partial charge in [-0.2, -0.15) is 0 Å². The number of benzene rings is 2. The Balaban J connectivity index is 1.72. The highest BCUT2D eigenvalue weighted by molar-refractivity contribution is 6.31. The first-order valence-electron chi connectivity index (χ1n) is 8.77. The van der Waals surface area contributed by atoms with Crippen LogP contribution >= 0.6 is 11.6 Å². The summed E-state index contributed by atoms with van der Waals surface area (Å²) in [5.41, 5.74) is 3.17. The number of nitrogens with one attached hydrogen (secondary N) is 1. The quantitative estimate of drug-likeness (QED) is 0.489. The molecule has 0 unspecified atom stereocenters. The van der Waals surface area contributed by atoms with Gasteiger partial charge in [-0.05, 0) is 36.4 Å². The topological polar surface area (TPSA) is 61.2 Å². The van der Waals surface area contributed by atoms with Crippen molar-refractivity contribution >= 4 is 34.1 Å². The fourth-order valence-electron chi connectivity index (χ4n) is 3.12. The van der Waals surface area contributed by atoms with Gasteiger partial charge in [-0.1, -0.05) is 11.6 Å². The van der Waals surface area contributed by atoms with Crippen LogP contribution in [0.3, 0.4) is 0 Å². The summed E-state index contributed by atoms with van der Waals surface area (Å²) in [7, 11) is 5.13. The monoisotopic (exact) mass is 412 g/mol. The Morgan fingerprint density at radius 2 is 1.83 bits per heavy atom. The molecule has 148 valence electrons. The summed E-state index contributed by atoms with van der Waals surface area (Å²) in [6.07, 6.45) is 1.69. The molecule has 4 rings (SSSR count). The van der Waals surface area contributed by atoms with E-state index in [1.54, 1.807) is 26.5 Å². The van der Waals surface area contributed by atoms with Gasteiger partial charge in [-0.3, -0.25) is 0 Å². The number of fused-ring (bicyclic) bond motifs is 1. The minimum Gasteiger partial charge on any atom is -0.493 e. The van der Waals surface area contributed by atoms with E-state index in [1.807, 2.05) is 35.9 Å². The largest absolute Gasteiger partial charge is 0.493 e. The first-order valence-corrected chi connectivity index (χ1v) is 9.15. The lowest BCUT2D eigenvalue weighted by Crippen LogP contribution is -1.96. The number of halogens is 2. The van der Waals surface area contributed by atoms with Gasteiger partial charge in [-0.25, -0.2) is 14.4 Å². The van der Waals surface area contributed by atoms with Crippen LogP contribution in [-0.4, -0.2) is 28.8 Å². The van der Waals surface area contributed by atoms with Crippen molar-refractivity contribution in [2.75, 3.05) is 19.5 Å². The fourth-order valence-corrected chi connectivity index (χ4v) is 3.30. The van der Waals surface area contributed by atoms with E-state index in [2.05, 4.69) is 10.3 Å². The Kier molecular flexibility index (Phi) is 4.98. The molecule has 0 saturated carbocycles. The second kappa shape index (κ2) is 7.60. The molecule has 1 N–H and O–H groups in total. The van der Waals surface area contributed by atoms with Crippen molar-refractivity contribution in [1.82, 2.24) is 14.5 Å². The summed E-state index contributed by atoms with van der Waals surface area (Å²) in [4.78, 5) is 9.09. The smallest absolute Gasteiger partial charge is 0.161 e. The van der Waals surface area contributed by atoms with Crippen LogP contribution in [0.15, 0.2) is 48.7 Å². The number of methoxy groups -OCH3 is 2. The maximum atomic E-state index is 13.4. The van der Waals surface area contributed by atoms with Crippen LogP contribution in [0, 0.1) is 5.82 Å². The summed E-state index contributed by atoms with van der Waals surface area (Å²) in [5, 5.41) is 3.18. The number of aromatic nitrogens is 3. The number of aryl methyl sites for hydroxylation is 1. The highest BCUT2D eigenvalue weighted by atomic mass is 35.5. The molecule has 0 bridgehead atoms. The Hall–Kier alpha value is -3.32. The van der Waals surface area contributed by atoms with Crippen LogP contribution in [0.5, 0.6) is 11.5 Å². The lowest BCUT2D eigenvalue weighted by molar-refractivity contribution is 0.355. The van der Waals surface area contributed by atoms with Crippen molar-refractivity contribution in [3.8, 4) is 22.9 Å². The molecule has 2 aromatic carbocycles. The van der Waals surface area contributed by atoms with E-state index in [9.17, 15) is 4.39 Å². The molecular weight excluding hydrogens is 395 g/mol. The molecule has 2 aromatic heterocycles. The zero-order chi connectivity index (χ0) is 20.5. The Labute approximate surface area is 171 Å². The van der Waals surface area contributed by atoms with E-state index in [-0.39, 0.29) is 5.02 Å². The number of rotatable bonds is 5. The van der Waals surface area contributed by atoms with Gasteiger partial charge in [0.25, 0.3) is 0 Å². The van der Waals surface area contributed by atoms with E-state index in [1.165, 1.54) is 12.1 Å². The molecule has 0 aliphatic rings.